The normalized spacial score (nSPS) is 10.8. The standard InChI is InChI=1S/C8H16NO3P/c1-8(2,3)12-7(11)5-6(10)9(4)13/h5,13H2,1-4H3. The van der Waals surface area contributed by atoms with E-state index in [0.717, 1.165) is 0 Å². The molecule has 1 unspecified atom stereocenters. The molecule has 0 aliphatic rings. The molecule has 0 aliphatic heterocycles. The number of hydrogen-bond acceptors (Lipinski definition) is 3. The molecule has 0 aliphatic carbocycles. The summed E-state index contributed by atoms with van der Waals surface area (Å²) in [6.07, 6.45) is -0.211. The molecule has 0 N–H and O–H groups in total. The highest BCUT2D eigenvalue weighted by Crippen LogP contribution is 2.09. The lowest BCUT2D eigenvalue weighted by atomic mass is 10.2. The molecule has 1 amide bonds. The molecule has 0 radical (unpaired) electrons. The van der Waals surface area contributed by atoms with E-state index >= 15 is 0 Å². The Kier molecular flexibility index (Phi) is 4.34. The van der Waals surface area contributed by atoms with Gasteiger partial charge in [0.05, 0.1) is 0 Å². The maximum absolute atomic E-state index is 11.1. The lowest BCUT2D eigenvalue weighted by molar-refractivity contribution is -0.157. The van der Waals surface area contributed by atoms with Crippen LogP contribution in [0.4, 0.5) is 0 Å². The van der Waals surface area contributed by atoms with Crippen molar-refractivity contribution in [3.63, 3.8) is 0 Å². The van der Waals surface area contributed by atoms with Gasteiger partial charge in [0.2, 0.25) is 5.91 Å². The van der Waals surface area contributed by atoms with Crippen molar-refractivity contribution in [3.8, 4) is 0 Å². The molecular weight excluding hydrogens is 189 g/mol. The van der Waals surface area contributed by atoms with Gasteiger partial charge in [-0.15, -0.1) is 0 Å². The second-order valence-electron chi connectivity index (χ2n) is 3.77. The van der Waals surface area contributed by atoms with Gasteiger partial charge in [-0.3, -0.25) is 9.59 Å². The van der Waals surface area contributed by atoms with E-state index in [2.05, 4.69) is 9.39 Å². The summed E-state index contributed by atoms with van der Waals surface area (Å²) in [4.78, 5) is 22.1. The summed E-state index contributed by atoms with van der Waals surface area (Å²) in [7, 11) is 3.76. The third-order valence-electron chi connectivity index (χ3n) is 1.11. The van der Waals surface area contributed by atoms with Crippen LogP contribution >= 0.6 is 9.39 Å². The van der Waals surface area contributed by atoms with E-state index in [0.29, 0.717) is 0 Å². The minimum atomic E-state index is -0.531. The van der Waals surface area contributed by atoms with Crippen LogP contribution in [0.25, 0.3) is 0 Å². The molecule has 0 fully saturated rings. The molecule has 0 spiro atoms. The number of rotatable bonds is 2. The van der Waals surface area contributed by atoms with Crippen LogP contribution in [0, 0.1) is 0 Å². The van der Waals surface area contributed by atoms with Crippen molar-refractivity contribution in [2.45, 2.75) is 32.8 Å². The summed E-state index contributed by atoms with van der Waals surface area (Å²) >= 11 is 0. The van der Waals surface area contributed by atoms with Crippen molar-refractivity contribution in [3.05, 3.63) is 0 Å². The maximum atomic E-state index is 11.1. The van der Waals surface area contributed by atoms with Gasteiger partial charge in [0, 0.05) is 7.05 Å². The lowest BCUT2D eigenvalue weighted by Gasteiger charge is -2.19. The zero-order valence-corrected chi connectivity index (χ0v) is 9.61. The summed E-state index contributed by atoms with van der Waals surface area (Å²) in [5.74, 6) is -0.772. The Morgan fingerprint density at radius 1 is 1.38 bits per heavy atom. The monoisotopic (exact) mass is 205 g/mol. The third kappa shape index (κ3) is 6.52. The molecule has 5 heteroatoms. The van der Waals surface area contributed by atoms with Gasteiger partial charge in [-0.05, 0) is 30.2 Å². The first kappa shape index (κ1) is 12.4. The number of amides is 1. The lowest BCUT2D eigenvalue weighted by Crippen LogP contribution is -2.27. The van der Waals surface area contributed by atoms with Gasteiger partial charge in [0.1, 0.15) is 12.0 Å². The molecule has 0 heterocycles. The number of esters is 1. The number of hydrogen-bond donors (Lipinski definition) is 0. The predicted octanol–water partition coefficient (Wildman–Crippen LogP) is 0.967. The molecule has 13 heavy (non-hydrogen) atoms. The van der Waals surface area contributed by atoms with Gasteiger partial charge < -0.3 is 9.41 Å². The fraction of sp³-hybridized carbons (Fsp3) is 0.750. The van der Waals surface area contributed by atoms with E-state index in [1.807, 2.05) is 0 Å². The van der Waals surface area contributed by atoms with Crippen molar-refractivity contribution >= 4 is 21.3 Å². The van der Waals surface area contributed by atoms with Crippen molar-refractivity contribution in [2.24, 2.45) is 0 Å². The SMILES string of the molecule is CN(P)C(=O)CC(=O)OC(C)(C)C. The summed E-state index contributed by atoms with van der Waals surface area (Å²) in [6, 6.07) is 0. The highest BCUT2D eigenvalue weighted by atomic mass is 31.0. The van der Waals surface area contributed by atoms with E-state index in [4.69, 9.17) is 4.74 Å². The maximum Gasteiger partial charge on any atom is 0.315 e. The van der Waals surface area contributed by atoms with E-state index < -0.39 is 11.6 Å². The predicted molar refractivity (Wildman–Crippen MR) is 52.9 cm³/mol. The van der Waals surface area contributed by atoms with Crippen molar-refractivity contribution in [2.75, 3.05) is 7.05 Å². The minimum Gasteiger partial charge on any atom is -0.460 e. The number of nitrogens with zero attached hydrogens (tertiary/aromatic N) is 1. The Bertz CT molecular complexity index is 208. The number of carbonyl (C=O) groups excluding carboxylic acids is 2. The Morgan fingerprint density at radius 3 is 2.15 bits per heavy atom. The van der Waals surface area contributed by atoms with Gasteiger partial charge in [0.15, 0.2) is 0 Å². The molecule has 0 rings (SSSR count). The smallest absolute Gasteiger partial charge is 0.315 e. The first-order valence-electron chi connectivity index (χ1n) is 3.95. The molecule has 0 aromatic rings. The van der Waals surface area contributed by atoms with Crippen LogP contribution in [-0.2, 0) is 14.3 Å². The van der Waals surface area contributed by atoms with Crippen LogP contribution in [0.3, 0.4) is 0 Å². The topological polar surface area (TPSA) is 46.6 Å². The molecule has 0 saturated carbocycles. The quantitative estimate of drug-likeness (QED) is 0.383. The van der Waals surface area contributed by atoms with Gasteiger partial charge in [-0.1, -0.05) is 0 Å². The van der Waals surface area contributed by atoms with E-state index in [-0.39, 0.29) is 12.3 Å². The van der Waals surface area contributed by atoms with Crippen LogP contribution in [0.15, 0.2) is 0 Å². The molecule has 76 valence electrons. The molecule has 0 aromatic carbocycles. The van der Waals surface area contributed by atoms with Crippen LogP contribution in [0.2, 0.25) is 0 Å². The van der Waals surface area contributed by atoms with Crippen LogP contribution in [0.5, 0.6) is 0 Å². The van der Waals surface area contributed by atoms with E-state index in [1.165, 1.54) is 4.67 Å². The molecule has 4 nitrogen and oxygen atoms in total. The van der Waals surface area contributed by atoms with Gasteiger partial charge in [-0.2, -0.15) is 0 Å². The van der Waals surface area contributed by atoms with Crippen LogP contribution < -0.4 is 0 Å². The molecule has 1 atom stereocenters. The van der Waals surface area contributed by atoms with Crippen molar-refractivity contribution < 1.29 is 14.3 Å². The molecule has 0 saturated heterocycles. The molecule has 0 bridgehead atoms. The van der Waals surface area contributed by atoms with Crippen molar-refractivity contribution in [1.29, 1.82) is 0 Å². The van der Waals surface area contributed by atoms with Crippen molar-refractivity contribution in [1.82, 2.24) is 4.67 Å². The minimum absolute atomic E-state index is 0.211. The van der Waals surface area contributed by atoms with Crippen LogP contribution in [-0.4, -0.2) is 29.2 Å². The summed E-state index contributed by atoms with van der Waals surface area (Å²) < 4.78 is 6.24. The summed E-state index contributed by atoms with van der Waals surface area (Å²) in [6.45, 7) is 5.29. The first-order chi connectivity index (χ1) is 5.72. The third-order valence-corrected chi connectivity index (χ3v) is 1.40. The summed E-state index contributed by atoms with van der Waals surface area (Å²) in [5.41, 5.74) is -0.531. The average molecular weight is 205 g/mol. The Balaban J connectivity index is 3.96. The highest BCUT2D eigenvalue weighted by Gasteiger charge is 2.19. The Morgan fingerprint density at radius 2 is 1.85 bits per heavy atom. The van der Waals surface area contributed by atoms with E-state index in [9.17, 15) is 9.59 Å². The summed E-state index contributed by atoms with van der Waals surface area (Å²) in [5, 5.41) is 0. The van der Waals surface area contributed by atoms with Gasteiger partial charge >= 0.3 is 5.97 Å². The molecular formula is C8H16NO3P. The number of carbonyl (C=O) groups is 2. The fourth-order valence-corrected chi connectivity index (χ4v) is 0.717. The van der Waals surface area contributed by atoms with E-state index in [1.54, 1.807) is 27.8 Å². The zero-order valence-electron chi connectivity index (χ0n) is 8.46. The second kappa shape index (κ2) is 4.56. The fourth-order valence-electron chi connectivity index (χ4n) is 0.626. The van der Waals surface area contributed by atoms with Gasteiger partial charge in [0.25, 0.3) is 0 Å². The number of ether oxygens (including phenoxy) is 1. The first-order valence-corrected chi connectivity index (χ1v) is 4.47. The second-order valence-corrected chi connectivity index (χ2v) is 4.54. The zero-order chi connectivity index (χ0) is 10.6. The highest BCUT2D eigenvalue weighted by molar-refractivity contribution is 7.14. The van der Waals surface area contributed by atoms with Gasteiger partial charge in [-0.25, -0.2) is 0 Å². The Hall–Kier alpha value is -0.630. The Labute approximate surface area is 80.9 Å². The average Bonchev–Trinajstić information content (AvgIpc) is 1.81. The molecule has 0 aromatic heterocycles. The van der Waals surface area contributed by atoms with Crippen LogP contribution in [0.1, 0.15) is 27.2 Å². The largest absolute Gasteiger partial charge is 0.460 e.